The van der Waals surface area contributed by atoms with Crippen LogP contribution in [0.4, 0.5) is 5.69 Å². The van der Waals surface area contributed by atoms with Crippen molar-refractivity contribution < 1.29 is 4.79 Å². The molecule has 0 fully saturated rings. The highest BCUT2D eigenvalue weighted by atomic mass is 16.2. The highest BCUT2D eigenvalue weighted by Gasteiger charge is 2.11. The van der Waals surface area contributed by atoms with Gasteiger partial charge in [-0.2, -0.15) is 0 Å². The van der Waals surface area contributed by atoms with Crippen LogP contribution < -0.4 is 10.9 Å². The van der Waals surface area contributed by atoms with E-state index < -0.39 is 0 Å². The van der Waals surface area contributed by atoms with Crippen LogP contribution in [0.15, 0.2) is 35.4 Å². The molecule has 1 amide bonds. The molecule has 2 aromatic rings. The van der Waals surface area contributed by atoms with Gasteiger partial charge >= 0.3 is 0 Å². The van der Waals surface area contributed by atoms with Gasteiger partial charge in [-0.05, 0) is 36.6 Å². The monoisotopic (exact) mass is 299 g/mol. The summed E-state index contributed by atoms with van der Waals surface area (Å²) in [4.78, 5) is 30.3. The predicted molar refractivity (Wildman–Crippen MR) is 87.8 cm³/mol. The van der Waals surface area contributed by atoms with Crippen LogP contribution in [0.3, 0.4) is 0 Å². The van der Waals surface area contributed by atoms with Gasteiger partial charge in [-0.1, -0.05) is 19.8 Å². The minimum Gasteiger partial charge on any atom is -0.324 e. The SMILES string of the molecule is CCCCCc1[nH]c(=O)c(NC(C)=O)cc1-c1ccncc1. The molecule has 2 rings (SSSR count). The fourth-order valence-electron chi connectivity index (χ4n) is 2.39. The van der Waals surface area contributed by atoms with Crippen LogP contribution in [0.25, 0.3) is 11.1 Å². The fraction of sp³-hybridized carbons (Fsp3) is 0.353. The average molecular weight is 299 g/mol. The van der Waals surface area contributed by atoms with Gasteiger partial charge in [0.2, 0.25) is 5.91 Å². The van der Waals surface area contributed by atoms with Gasteiger partial charge in [0.25, 0.3) is 5.56 Å². The summed E-state index contributed by atoms with van der Waals surface area (Å²) in [7, 11) is 0. The molecule has 0 saturated carbocycles. The fourth-order valence-corrected chi connectivity index (χ4v) is 2.39. The lowest BCUT2D eigenvalue weighted by Gasteiger charge is -2.12. The maximum Gasteiger partial charge on any atom is 0.271 e. The van der Waals surface area contributed by atoms with Crippen molar-refractivity contribution in [1.82, 2.24) is 9.97 Å². The van der Waals surface area contributed by atoms with Crippen LogP contribution in [0.1, 0.15) is 38.8 Å². The minimum absolute atomic E-state index is 0.259. The lowest BCUT2D eigenvalue weighted by Crippen LogP contribution is -2.19. The van der Waals surface area contributed by atoms with Crippen molar-refractivity contribution in [2.24, 2.45) is 0 Å². The van der Waals surface area contributed by atoms with Gasteiger partial charge in [0.1, 0.15) is 5.69 Å². The van der Waals surface area contributed by atoms with Gasteiger partial charge in [-0.25, -0.2) is 0 Å². The Morgan fingerprint density at radius 2 is 2.00 bits per heavy atom. The molecule has 0 unspecified atom stereocenters. The number of H-pyrrole nitrogens is 1. The Morgan fingerprint density at radius 3 is 2.64 bits per heavy atom. The third kappa shape index (κ3) is 4.04. The summed E-state index contributed by atoms with van der Waals surface area (Å²) in [6, 6.07) is 5.54. The Labute approximate surface area is 129 Å². The molecule has 2 aromatic heterocycles. The summed E-state index contributed by atoms with van der Waals surface area (Å²) in [5.41, 5.74) is 2.82. The second kappa shape index (κ2) is 7.54. The molecule has 0 radical (unpaired) electrons. The summed E-state index contributed by atoms with van der Waals surface area (Å²) < 4.78 is 0. The third-order valence-corrected chi connectivity index (χ3v) is 3.46. The Balaban J connectivity index is 2.45. The Kier molecular flexibility index (Phi) is 5.47. The van der Waals surface area contributed by atoms with Crippen molar-refractivity contribution in [1.29, 1.82) is 0 Å². The molecule has 0 aliphatic carbocycles. The molecule has 0 aliphatic heterocycles. The molecule has 2 heterocycles. The van der Waals surface area contributed by atoms with Gasteiger partial charge in [0, 0.05) is 30.6 Å². The smallest absolute Gasteiger partial charge is 0.271 e. The molecule has 0 aromatic carbocycles. The molecule has 116 valence electrons. The lowest BCUT2D eigenvalue weighted by molar-refractivity contribution is -0.114. The average Bonchev–Trinajstić information content (AvgIpc) is 2.50. The van der Waals surface area contributed by atoms with E-state index >= 15 is 0 Å². The summed E-state index contributed by atoms with van der Waals surface area (Å²) in [6.45, 7) is 3.53. The minimum atomic E-state index is -0.264. The highest BCUT2D eigenvalue weighted by Crippen LogP contribution is 2.24. The number of rotatable bonds is 6. The van der Waals surface area contributed by atoms with E-state index in [1.807, 2.05) is 12.1 Å². The zero-order valence-electron chi connectivity index (χ0n) is 13.0. The number of anilines is 1. The Morgan fingerprint density at radius 1 is 1.27 bits per heavy atom. The molecule has 0 aliphatic rings. The number of hydrogen-bond acceptors (Lipinski definition) is 3. The summed E-state index contributed by atoms with van der Waals surface area (Å²) >= 11 is 0. The zero-order valence-corrected chi connectivity index (χ0v) is 13.0. The topological polar surface area (TPSA) is 74.8 Å². The molecule has 2 N–H and O–H groups in total. The number of hydrogen-bond donors (Lipinski definition) is 2. The first-order valence-electron chi connectivity index (χ1n) is 7.56. The summed E-state index contributed by atoms with van der Waals surface area (Å²) in [6.07, 6.45) is 7.50. The van der Waals surface area contributed by atoms with Crippen molar-refractivity contribution in [3.63, 3.8) is 0 Å². The van der Waals surface area contributed by atoms with Crippen molar-refractivity contribution >= 4 is 11.6 Å². The molecular weight excluding hydrogens is 278 g/mol. The number of carbonyl (C=O) groups excluding carboxylic acids is 1. The van der Waals surface area contributed by atoms with Crippen LogP contribution in [0.5, 0.6) is 0 Å². The first kappa shape index (κ1) is 15.9. The van der Waals surface area contributed by atoms with Crippen LogP contribution in [0, 0.1) is 0 Å². The number of nitrogens with zero attached hydrogens (tertiary/aromatic N) is 1. The first-order chi connectivity index (χ1) is 10.6. The van der Waals surface area contributed by atoms with E-state index in [1.165, 1.54) is 6.92 Å². The predicted octanol–water partition coefficient (Wildman–Crippen LogP) is 3.13. The second-order valence-corrected chi connectivity index (χ2v) is 5.28. The van der Waals surface area contributed by atoms with E-state index in [0.29, 0.717) is 0 Å². The molecular formula is C17H21N3O2. The van der Waals surface area contributed by atoms with E-state index in [4.69, 9.17) is 0 Å². The molecule has 0 spiro atoms. The van der Waals surface area contributed by atoms with E-state index in [9.17, 15) is 9.59 Å². The number of unbranched alkanes of at least 4 members (excludes halogenated alkanes) is 2. The number of aryl methyl sites for hydroxylation is 1. The molecule has 5 heteroatoms. The van der Waals surface area contributed by atoms with Gasteiger partial charge in [-0.15, -0.1) is 0 Å². The van der Waals surface area contributed by atoms with E-state index in [-0.39, 0.29) is 17.2 Å². The Bertz CT molecular complexity index is 693. The normalized spacial score (nSPS) is 10.5. The maximum atomic E-state index is 12.1. The number of amides is 1. The maximum absolute atomic E-state index is 12.1. The van der Waals surface area contributed by atoms with Crippen molar-refractivity contribution in [3.05, 3.63) is 46.6 Å². The van der Waals surface area contributed by atoms with Gasteiger partial charge < -0.3 is 10.3 Å². The van der Waals surface area contributed by atoms with Crippen LogP contribution >= 0.6 is 0 Å². The summed E-state index contributed by atoms with van der Waals surface area (Å²) in [5.74, 6) is -0.259. The van der Waals surface area contributed by atoms with Crippen molar-refractivity contribution in [2.75, 3.05) is 5.32 Å². The highest BCUT2D eigenvalue weighted by molar-refractivity contribution is 5.89. The number of carbonyl (C=O) groups is 1. The number of nitrogens with one attached hydrogen (secondary N) is 2. The van der Waals surface area contributed by atoms with Crippen LogP contribution in [-0.4, -0.2) is 15.9 Å². The molecule has 0 bridgehead atoms. The molecule has 22 heavy (non-hydrogen) atoms. The number of aromatic nitrogens is 2. The van der Waals surface area contributed by atoms with Crippen molar-refractivity contribution in [2.45, 2.75) is 39.5 Å². The summed E-state index contributed by atoms with van der Waals surface area (Å²) in [5, 5.41) is 2.58. The van der Waals surface area contributed by atoms with Gasteiger partial charge in [0.15, 0.2) is 0 Å². The second-order valence-electron chi connectivity index (χ2n) is 5.28. The first-order valence-corrected chi connectivity index (χ1v) is 7.56. The number of aromatic amines is 1. The van der Waals surface area contributed by atoms with E-state index in [0.717, 1.165) is 42.5 Å². The molecule has 0 saturated heterocycles. The number of pyridine rings is 2. The zero-order chi connectivity index (χ0) is 15.9. The molecule has 0 atom stereocenters. The standard InChI is InChI=1S/C17H21N3O2/c1-3-4-5-6-15-14(13-7-9-18-10-8-13)11-16(17(22)20-15)19-12(2)21/h7-11H,3-6H2,1-2H3,(H,19,21)(H,20,22). The molecule has 5 nitrogen and oxygen atoms in total. The third-order valence-electron chi connectivity index (χ3n) is 3.46. The Hall–Kier alpha value is -2.43. The van der Waals surface area contributed by atoms with Crippen LogP contribution in [-0.2, 0) is 11.2 Å². The van der Waals surface area contributed by atoms with E-state index in [1.54, 1.807) is 18.5 Å². The van der Waals surface area contributed by atoms with Gasteiger partial charge in [0.05, 0.1) is 0 Å². The van der Waals surface area contributed by atoms with Crippen LogP contribution in [0.2, 0.25) is 0 Å². The van der Waals surface area contributed by atoms with E-state index in [2.05, 4.69) is 22.2 Å². The lowest BCUT2D eigenvalue weighted by atomic mass is 10.0. The van der Waals surface area contributed by atoms with Gasteiger partial charge in [-0.3, -0.25) is 14.6 Å². The van der Waals surface area contributed by atoms with Crippen molar-refractivity contribution in [3.8, 4) is 11.1 Å². The quantitative estimate of drug-likeness (QED) is 0.805. The largest absolute Gasteiger partial charge is 0.324 e.